The molecule has 9 nitrogen and oxygen atoms in total. The van der Waals surface area contributed by atoms with Crippen LogP contribution in [0.5, 0.6) is 0 Å². The van der Waals surface area contributed by atoms with Crippen molar-refractivity contribution in [1.29, 1.82) is 0 Å². The Balaban J connectivity index is 3.80. The van der Waals surface area contributed by atoms with Gasteiger partial charge in [-0.05, 0) is 0 Å². The van der Waals surface area contributed by atoms with E-state index in [1.165, 1.54) is 0 Å². The summed E-state index contributed by atoms with van der Waals surface area (Å²) in [7, 11) is -9.16. The summed E-state index contributed by atoms with van der Waals surface area (Å²) in [4.78, 5) is 32.7. The third-order valence-electron chi connectivity index (χ3n) is 0.930. The number of hydrogen-bond acceptors (Lipinski definition) is 3. The van der Waals surface area contributed by atoms with Crippen LogP contribution in [0.3, 0.4) is 0 Å². The van der Waals surface area contributed by atoms with Crippen LogP contribution in [-0.2, 0) is 9.13 Å². The van der Waals surface area contributed by atoms with Gasteiger partial charge in [0.25, 0.3) is 0 Å². The molecule has 0 aromatic carbocycles. The van der Waals surface area contributed by atoms with Gasteiger partial charge in [-0.2, -0.15) is 0 Å². The van der Waals surface area contributed by atoms with Gasteiger partial charge >= 0.3 is 15.5 Å². The first-order valence-corrected chi connectivity index (χ1v) is 6.14. The lowest BCUT2D eigenvalue weighted by Crippen LogP contribution is -2.26. The standard InChI is InChI=1S/C2H10N2O7P2/c5-4(13(9,10)11)2-1-3-12(6,7)8/h5H,1-2H2,(H2,9,10,11)(H3,3,6,7,8). The molecule has 6 N–H and O–H groups in total. The second kappa shape index (κ2) is 4.61. The fourth-order valence-corrected chi connectivity index (χ4v) is 1.18. The van der Waals surface area contributed by atoms with Crippen molar-refractivity contribution in [3.05, 3.63) is 0 Å². The van der Waals surface area contributed by atoms with Gasteiger partial charge in [0.2, 0.25) is 0 Å². The van der Waals surface area contributed by atoms with Crippen molar-refractivity contribution in [2.75, 3.05) is 13.1 Å². The number of nitrogens with zero attached hydrogens (tertiary/aromatic N) is 1. The molecule has 0 aliphatic rings. The molecule has 0 heterocycles. The highest BCUT2D eigenvalue weighted by molar-refractivity contribution is 7.49. The molecule has 13 heavy (non-hydrogen) atoms. The Morgan fingerprint density at radius 1 is 1.15 bits per heavy atom. The first-order valence-electron chi connectivity index (χ1n) is 2.96. The third kappa shape index (κ3) is 7.27. The fraction of sp³-hybridized carbons (Fsp3) is 1.00. The Bertz CT molecular complexity index is 243. The van der Waals surface area contributed by atoms with E-state index >= 15 is 0 Å². The summed E-state index contributed by atoms with van der Waals surface area (Å²) in [6.45, 7) is -1.05. The molecule has 11 heteroatoms. The molecule has 0 bridgehead atoms. The molecule has 0 aromatic rings. The molecule has 0 atom stereocenters. The monoisotopic (exact) mass is 236 g/mol. The summed E-state index contributed by atoms with van der Waals surface area (Å²) in [5.74, 6) is 0. The molecule has 0 rings (SSSR count). The summed E-state index contributed by atoms with van der Waals surface area (Å²) >= 11 is 0. The molecule has 0 spiro atoms. The third-order valence-corrected chi connectivity index (χ3v) is 2.37. The molecule has 0 amide bonds. The minimum absolute atomic E-state index is 0.310. The maximum absolute atomic E-state index is 10.2. The van der Waals surface area contributed by atoms with Crippen LogP contribution in [0.25, 0.3) is 0 Å². The predicted octanol–water partition coefficient (Wildman–Crippen LogP) is -1.55. The minimum Gasteiger partial charge on any atom is -0.313 e. The van der Waals surface area contributed by atoms with Crippen molar-refractivity contribution in [3.63, 3.8) is 0 Å². The van der Waals surface area contributed by atoms with Gasteiger partial charge in [-0.25, -0.2) is 14.2 Å². The molecular weight excluding hydrogens is 226 g/mol. The van der Waals surface area contributed by atoms with Crippen molar-refractivity contribution in [3.8, 4) is 0 Å². The summed E-state index contributed by atoms with van der Waals surface area (Å²) in [6, 6.07) is 0. The van der Waals surface area contributed by atoms with Gasteiger partial charge in [0, 0.05) is 13.1 Å². The second-order valence-corrected chi connectivity index (χ2v) is 4.95. The van der Waals surface area contributed by atoms with E-state index in [9.17, 15) is 9.13 Å². The van der Waals surface area contributed by atoms with E-state index < -0.39 is 28.6 Å². The van der Waals surface area contributed by atoms with E-state index in [0.29, 0.717) is 0 Å². The normalized spacial score (nSPS) is 13.7. The molecule has 80 valence electrons. The van der Waals surface area contributed by atoms with Crippen LogP contribution in [-0.4, -0.2) is 42.7 Å². The number of rotatable bonds is 5. The number of hydrogen-bond donors (Lipinski definition) is 6. The topological polar surface area (TPSA) is 151 Å². The van der Waals surface area contributed by atoms with Gasteiger partial charge in [-0.15, -0.1) is 0 Å². The molecule has 0 saturated carbocycles. The SMILES string of the molecule is O=P(O)(O)NCCN(O)P(=O)(O)O. The smallest absolute Gasteiger partial charge is 0.313 e. The molecule has 0 fully saturated rings. The van der Waals surface area contributed by atoms with E-state index in [-0.39, 0.29) is 4.83 Å². The fourth-order valence-electron chi connectivity index (χ4n) is 0.426. The Labute approximate surface area is 73.4 Å². The molecule has 0 radical (unpaired) electrons. The Kier molecular flexibility index (Phi) is 4.67. The minimum atomic E-state index is -4.74. The van der Waals surface area contributed by atoms with Crippen molar-refractivity contribution in [2.45, 2.75) is 0 Å². The molecule has 0 saturated heterocycles. The summed E-state index contributed by atoms with van der Waals surface area (Å²) in [5, 5.41) is 10.2. The zero-order chi connectivity index (χ0) is 10.7. The molecule has 0 aromatic heterocycles. The molecular formula is C2H10N2O7P2. The van der Waals surface area contributed by atoms with Crippen molar-refractivity contribution in [1.82, 2.24) is 9.92 Å². The highest BCUT2D eigenvalue weighted by atomic mass is 31.2. The van der Waals surface area contributed by atoms with Gasteiger partial charge in [0.05, 0.1) is 0 Å². The van der Waals surface area contributed by atoms with Crippen molar-refractivity contribution in [2.24, 2.45) is 0 Å². The summed E-state index contributed by atoms with van der Waals surface area (Å²) in [6.07, 6.45) is 0. The van der Waals surface area contributed by atoms with E-state index in [1.807, 2.05) is 0 Å². The van der Waals surface area contributed by atoms with Gasteiger partial charge in [-0.1, -0.05) is 4.83 Å². The Morgan fingerprint density at radius 3 is 1.92 bits per heavy atom. The van der Waals surface area contributed by atoms with E-state index in [1.54, 1.807) is 5.09 Å². The Hall–Kier alpha value is 0.180. The molecule has 0 aliphatic carbocycles. The predicted molar refractivity (Wildman–Crippen MR) is 40.6 cm³/mol. The lowest BCUT2D eigenvalue weighted by Gasteiger charge is -2.15. The molecule has 0 aliphatic heterocycles. The highest BCUT2D eigenvalue weighted by Gasteiger charge is 2.23. The number of nitrogens with one attached hydrogen (secondary N) is 1. The lowest BCUT2D eigenvalue weighted by atomic mass is 10.7. The average molecular weight is 236 g/mol. The van der Waals surface area contributed by atoms with Crippen LogP contribution in [0.15, 0.2) is 0 Å². The van der Waals surface area contributed by atoms with Crippen LogP contribution in [0, 0.1) is 0 Å². The van der Waals surface area contributed by atoms with Crippen LogP contribution in [0.4, 0.5) is 0 Å². The largest absolute Gasteiger partial charge is 0.425 e. The van der Waals surface area contributed by atoms with Gasteiger partial charge in [-0.3, -0.25) is 0 Å². The van der Waals surface area contributed by atoms with Crippen LogP contribution in [0.1, 0.15) is 0 Å². The second-order valence-electron chi connectivity index (χ2n) is 2.06. The van der Waals surface area contributed by atoms with Crippen LogP contribution < -0.4 is 5.09 Å². The van der Waals surface area contributed by atoms with E-state index in [2.05, 4.69) is 0 Å². The van der Waals surface area contributed by atoms with Gasteiger partial charge in [0.1, 0.15) is 0 Å². The van der Waals surface area contributed by atoms with Crippen molar-refractivity contribution >= 4 is 15.5 Å². The van der Waals surface area contributed by atoms with Gasteiger partial charge < -0.3 is 24.8 Å². The maximum atomic E-state index is 10.2. The average Bonchev–Trinajstić information content (AvgIpc) is 1.82. The number of hydroxylamine groups is 1. The maximum Gasteiger partial charge on any atom is 0.425 e. The zero-order valence-electron chi connectivity index (χ0n) is 6.31. The van der Waals surface area contributed by atoms with Crippen LogP contribution in [0.2, 0.25) is 0 Å². The lowest BCUT2D eigenvalue weighted by molar-refractivity contribution is -0.0244. The van der Waals surface area contributed by atoms with Gasteiger partial charge in [0.15, 0.2) is 0 Å². The summed E-state index contributed by atoms with van der Waals surface area (Å²) in [5.41, 5.74) is 0. The first kappa shape index (κ1) is 13.2. The van der Waals surface area contributed by atoms with Crippen molar-refractivity contribution < 1.29 is 33.9 Å². The quantitative estimate of drug-likeness (QED) is 0.246. The summed E-state index contributed by atoms with van der Waals surface area (Å²) < 4.78 is 20.4. The molecule has 0 unspecified atom stereocenters. The van der Waals surface area contributed by atoms with E-state index in [0.717, 1.165) is 0 Å². The first-order chi connectivity index (χ1) is 5.63. The zero-order valence-corrected chi connectivity index (χ0v) is 8.10. The van der Waals surface area contributed by atoms with Crippen LogP contribution >= 0.6 is 15.5 Å². The Morgan fingerprint density at radius 2 is 1.62 bits per heavy atom. The van der Waals surface area contributed by atoms with E-state index in [4.69, 9.17) is 24.8 Å². The highest BCUT2D eigenvalue weighted by Crippen LogP contribution is 2.37.